The van der Waals surface area contributed by atoms with Crippen LogP contribution in [0.15, 0.2) is 28.5 Å². The maximum absolute atomic E-state index is 13.4. The van der Waals surface area contributed by atoms with Gasteiger partial charge < -0.3 is 9.64 Å². The number of carbonyl (C=O) groups excluding carboxylic acids is 2. The molecule has 0 aliphatic carbocycles. The first-order chi connectivity index (χ1) is 14.7. The van der Waals surface area contributed by atoms with Crippen molar-refractivity contribution in [3.8, 4) is 0 Å². The second-order valence-electron chi connectivity index (χ2n) is 7.43. The average molecular weight is 469 g/mol. The van der Waals surface area contributed by atoms with E-state index in [0.29, 0.717) is 35.4 Å². The van der Waals surface area contributed by atoms with Gasteiger partial charge in [-0.1, -0.05) is 26.0 Å². The Morgan fingerprint density at radius 3 is 2.74 bits per heavy atom. The van der Waals surface area contributed by atoms with Crippen LogP contribution < -0.4 is 4.72 Å². The summed E-state index contributed by atoms with van der Waals surface area (Å²) < 4.78 is 46.6. The van der Waals surface area contributed by atoms with Crippen molar-refractivity contribution in [3.63, 3.8) is 0 Å². The van der Waals surface area contributed by atoms with Crippen LogP contribution in [0.25, 0.3) is 0 Å². The Morgan fingerprint density at radius 1 is 1.35 bits per heavy atom. The molecule has 168 valence electrons. The second kappa shape index (κ2) is 9.46. The van der Waals surface area contributed by atoms with E-state index in [0.717, 1.165) is 11.3 Å². The zero-order valence-corrected chi connectivity index (χ0v) is 19.2. The number of hydrogen-bond acceptors (Lipinski definition) is 6. The van der Waals surface area contributed by atoms with Gasteiger partial charge in [0.2, 0.25) is 5.91 Å². The molecule has 0 spiro atoms. The molecule has 1 aromatic heterocycles. The Morgan fingerprint density at radius 2 is 2.10 bits per heavy atom. The Labute approximate surface area is 185 Å². The van der Waals surface area contributed by atoms with Crippen molar-refractivity contribution < 1.29 is 27.1 Å². The van der Waals surface area contributed by atoms with Crippen LogP contribution in [0.1, 0.15) is 46.6 Å². The number of halogens is 1. The fourth-order valence-corrected chi connectivity index (χ4v) is 6.40. The molecule has 1 aliphatic rings. The molecule has 2 heterocycles. The van der Waals surface area contributed by atoms with Crippen molar-refractivity contribution in [1.29, 1.82) is 0 Å². The molecule has 1 unspecified atom stereocenters. The smallest absolute Gasteiger partial charge is 0.340 e. The number of sulfonamides is 1. The number of esters is 1. The van der Waals surface area contributed by atoms with E-state index in [9.17, 15) is 22.4 Å². The van der Waals surface area contributed by atoms with Crippen molar-refractivity contribution in [2.24, 2.45) is 5.92 Å². The van der Waals surface area contributed by atoms with Gasteiger partial charge in [0.1, 0.15) is 10.0 Å². The molecule has 0 fully saturated rings. The third-order valence-corrected chi connectivity index (χ3v) is 8.50. The largest absolute Gasteiger partial charge is 0.465 e. The van der Waals surface area contributed by atoms with Crippen LogP contribution in [0.2, 0.25) is 0 Å². The molecule has 2 aromatic rings. The molecule has 1 aliphatic heterocycles. The fourth-order valence-electron chi connectivity index (χ4n) is 3.44. The van der Waals surface area contributed by atoms with E-state index in [1.54, 1.807) is 11.0 Å². The number of nitrogens with one attached hydrogen (secondary N) is 1. The minimum Gasteiger partial charge on any atom is -0.465 e. The van der Waals surface area contributed by atoms with E-state index < -0.39 is 21.8 Å². The van der Waals surface area contributed by atoms with Crippen molar-refractivity contribution in [2.75, 3.05) is 13.7 Å². The molecule has 3 rings (SSSR count). The highest BCUT2D eigenvalue weighted by Gasteiger charge is 2.35. The molecule has 1 amide bonds. The van der Waals surface area contributed by atoms with Gasteiger partial charge in [-0.3, -0.25) is 4.79 Å². The van der Waals surface area contributed by atoms with Crippen LogP contribution in [0.3, 0.4) is 0 Å². The van der Waals surface area contributed by atoms with Crippen molar-refractivity contribution in [3.05, 3.63) is 51.7 Å². The highest BCUT2D eigenvalue weighted by molar-refractivity contribution is 7.91. The van der Waals surface area contributed by atoms with Gasteiger partial charge in [-0.25, -0.2) is 22.3 Å². The quantitative estimate of drug-likeness (QED) is 0.631. The molecule has 0 saturated heterocycles. The molecular formula is C21H25FN2O5S2. The second-order valence-corrected chi connectivity index (χ2v) is 10.5. The number of benzene rings is 1. The maximum atomic E-state index is 13.4. The van der Waals surface area contributed by atoms with Crippen molar-refractivity contribution in [1.82, 2.24) is 9.62 Å². The summed E-state index contributed by atoms with van der Waals surface area (Å²) >= 11 is 0.972. The van der Waals surface area contributed by atoms with Gasteiger partial charge in [-0.2, -0.15) is 0 Å². The zero-order valence-electron chi connectivity index (χ0n) is 17.6. The van der Waals surface area contributed by atoms with E-state index in [1.165, 1.54) is 25.3 Å². The minimum atomic E-state index is -4.07. The van der Waals surface area contributed by atoms with Gasteiger partial charge in [0, 0.05) is 23.9 Å². The molecule has 0 bridgehead atoms. The summed E-state index contributed by atoms with van der Waals surface area (Å²) in [6.07, 6.45) is 1.08. The molecule has 10 heteroatoms. The van der Waals surface area contributed by atoms with Crippen molar-refractivity contribution in [2.45, 2.75) is 44.0 Å². The topological polar surface area (TPSA) is 92.8 Å². The lowest BCUT2D eigenvalue weighted by molar-refractivity contribution is -0.135. The lowest BCUT2D eigenvalue weighted by Crippen LogP contribution is -2.38. The van der Waals surface area contributed by atoms with E-state index >= 15 is 0 Å². The molecule has 1 aromatic carbocycles. The highest BCUT2D eigenvalue weighted by atomic mass is 32.2. The van der Waals surface area contributed by atoms with Crippen LogP contribution in [0.5, 0.6) is 0 Å². The van der Waals surface area contributed by atoms with Gasteiger partial charge in [0.15, 0.2) is 0 Å². The first-order valence-corrected chi connectivity index (χ1v) is 12.2. The van der Waals surface area contributed by atoms with E-state index in [4.69, 9.17) is 4.74 Å². The summed E-state index contributed by atoms with van der Waals surface area (Å²) in [5, 5.41) is 0. The predicted molar refractivity (Wildman–Crippen MR) is 115 cm³/mol. The normalized spacial score (nSPS) is 14.8. The first kappa shape index (κ1) is 23.4. The van der Waals surface area contributed by atoms with Crippen LogP contribution in [0.4, 0.5) is 4.39 Å². The number of fused-ring (bicyclic) bond motifs is 1. The van der Waals surface area contributed by atoms with Gasteiger partial charge in [-0.05, 0) is 36.1 Å². The van der Waals surface area contributed by atoms with Gasteiger partial charge >= 0.3 is 5.97 Å². The maximum Gasteiger partial charge on any atom is 0.340 e. The van der Waals surface area contributed by atoms with E-state index in [-0.39, 0.29) is 34.7 Å². The third kappa shape index (κ3) is 4.97. The molecule has 1 atom stereocenters. The number of carbonyl (C=O) groups is 2. The Hall–Kier alpha value is -2.30. The van der Waals surface area contributed by atoms with Crippen LogP contribution >= 0.6 is 11.3 Å². The Bertz CT molecular complexity index is 1100. The van der Waals surface area contributed by atoms with Crippen LogP contribution in [0, 0.1) is 11.7 Å². The van der Waals surface area contributed by atoms with Gasteiger partial charge in [0.25, 0.3) is 10.0 Å². The molecule has 0 radical (unpaired) electrons. The minimum absolute atomic E-state index is 0.00908. The third-order valence-electron chi connectivity index (χ3n) is 5.36. The number of nitrogens with zero attached hydrogens (tertiary/aromatic N) is 1. The standard InChI is InChI=1S/C21H25FN2O5S2/c1-4-13(2)19(25)24-9-8-16-17(12-24)30-21(18(16)20(26)29-3)31(27,28)23-11-14-6-5-7-15(22)10-14/h5-7,10,13,23H,4,8-9,11-12H2,1-3H3. The zero-order chi connectivity index (χ0) is 22.8. The number of hydrogen-bond donors (Lipinski definition) is 1. The van der Waals surface area contributed by atoms with Crippen molar-refractivity contribution >= 4 is 33.2 Å². The molecule has 7 nitrogen and oxygen atoms in total. The summed E-state index contributed by atoms with van der Waals surface area (Å²) in [5.41, 5.74) is 1.08. The number of ether oxygens (including phenoxy) is 1. The summed E-state index contributed by atoms with van der Waals surface area (Å²) in [4.78, 5) is 27.4. The van der Waals surface area contributed by atoms with Gasteiger partial charge in [-0.15, -0.1) is 11.3 Å². The van der Waals surface area contributed by atoms with E-state index in [1.807, 2.05) is 13.8 Å². The molecule has 31 heavy (non-hydrogen) atoms. The Kier molecular flexibility index (Phi) is 7.13. The Balaban J connectivity index is 1.92. The van der Waals surface area contributed by atoms with E-state index in [2.05, 4.69) is 4.72 Å². The molecular weight excluding hydrogens is 443 g/mol. The highest BCUT2D eigenvalue weighted by Crippen LogP contribution is 2.37. The number of amides is 1. The summed E-state index contributed by atoms with van der Waals surface area (Å²) in [7, 11) is -2.87. The monoisotopic (exact) mass is 468 g/mol. The molecule has 0 saturated carbocycles. The van der Waals surface area contributed by atoms with Gasteiger partial charge in [0.05, 0.1) is 19.2 Å². The predicted octanol–water partition coefficient (Wildman–Crippen LogP) is 3.08. The lowest BCUT2D eigenvalue weighted by atomic mass is 10.0. The summed E-state index contributed by atoms with van der Waals surface area (Å²) in [6.45, 7) is 4.34. The lowest BCUT2D eigenvalue weighted by Gasteiger charge is -2.29. The summed E-state index contributed by atoms with van der Waals surface area (Å²) in [5.74, 6) is -1.32. The first-order valence-electron chi connectivity index (χ1n) is 9.93. The number of methoxy groups -OCH3 is 1. The summed E-state index contributed by atoms with van der Waals surface area (Å²) in [6, 6.07) is 5.60. The number of rotatable bonds is 7. The number of thiophene rings is 1. The van der Waals surface area contributed by atoms with Crippen LogP contribution in [-0.2, 0) is 39.1 Å². The fraction of sp³-hybridized carbons (Fsp3) is 0.429. The molecule has 1 N–H and O–H groups in total. The average Bonchev–Trinajstić information content (AvgIpc) is 3.16. The van der Waals surface area contributed by atoms with Crippen LogP contribution in [-0.4, -0.2) is 38.8 Å². The SMILES string of the molecule is CCC(C)C(=O)N1CCc2c(sc(S(=O)(=O)NCc3cccc(F)c3)c2C(=O)OC)C1.